The summed E-state index contributed by atoms with van der Waals surface area (Å²) in [7, 11) is 0. The van der Waals surface area contributed by atoms with Crippen LogP contribution in [0.25, 0.3) is 0 Å². The maximum Gasteiger partial charge on any atom is 0.310 e. The monoisotopic (exact) mass is 229 g/mol. The lowest BCUT2D eigenvalue weighted by Crippen LogP contribution is -2.29. The van der Waals surface area contributed by atoms with E-state index in [-0.39, 0.29) is 25.6 Å². The SMILES string of the molecule is CCOC(=O)[C@@H]1CNC[C@H]1C(F)F.Cl. The first-order valence-corrected chi connectivity index (χ1v) is 4.32. The van der Waals surface area contributed by atoms with Crippen LogP contribution in [0, 0.1) is 11.8 Å². The third kappa shape index (κ3) is 3.06. The molecule has 0 spiro atoms. The van der Waals surface area contributed by atoms with E-state index < -0.39 is 24.2 Å². The number of alkyl halides is 2. The van der Waals surface area contributed by atoms with Gasteiger partial charge in [0.2, 0.25) is 6.43 Å². The maximum atomic E-state index is 12.3. The first-order valence-electron chi connectivity index (χ1n) is 4.32. The number of ether oxygens (including phenoxy) is 1. The highest BCUT2D eigenvalue weighted by Gasteiger charge is 2.39. The van der Waals surface area contributed by atoms with Crippen LogP contribution >= 0.6 is 12.4 Å². The van der Waals surface area contributed by atoms with Crippen molar-refractivity contribution in [3.05, 3.63) is 0 Å². The molecule has 0 radical (unpaired) electrons. The van der Waals surface area contributed by atoms with Crippen LogP contribution in [0.15, 0.2) is 0 Å². The number of halogens is 3. The maximum absolute atomic E-state index is 12.3. The number of carbonyl (C=O) groups is 1. The van der Waals surface area contributed by atoms with Crippen molar-refractivity contribution in [1.29, 1.82) is 0 Å². The van der Waals surface area contributed by atoms with E-state index >= 15 is 0 Å². The molecule has 0 unspecified atom stereocenters. The average molecular weight is 230 g/mol. The minimum absolute atomic E-state index is 0. The second-order valence-electron chi connectivity index (χ2n) is 3.02. The van der Waals surface area contributed by atoms with Gasteiger partial charge in [-0.1, -0.05) is 0 Å². The van der Waals surface area contributed by atoms with E-state index in [4.69, 9.17) is 4.74 Å². The molecule has 2 atom stereocenters. The Balaban J connectivity index is 0.00000169. The summed E-state index contributed by atoms with van der Waals surface area (Å²) in [6, 6.07) is 0. The zero-order valence-electron chi connectivity index (χ0n) is 7.83. The van der Waals surface area contributed by atoms with Gasteiger partial charge in [-0.15, -0.1) is 12.4 Å². The Morgan fingerprint density at radius 1 is 1.57 bits per heavy atom. The quantitative estimate of drug-likeness (QED) is 0.736. The minimum atomic E-state index is -2.45. The highest BCUT2D eigenvalue weighted by atomic mass is 35.5. The molecule has 1 heterocycles. The first-order chi connectivity index (χ1) is 6.16. The fourth-order valence-corrected chi connectivity index (χ4v) is 1.47. The van der Waals surface area contributed by atoms with Gasteiger partial charge in [-0.2, -0.15) is 0 Å². The lowest BCUT2D eigenvalue weighted by molar-refractivity contribution is -0.150. The van der Waals surface area contributed by atoms with E-state index in [1.807, 2.05) is 0 Å². The van der Waals surface area contributed by atoms with Gasteiger partial charge in [0.15, 0.2) is 0 Å². The van der Waals surface area contributed by atoms with Gasteiger partial charge in [0.25, 0.3) is 0 Å². The molecule has 1 fully saturated rings. The van der Waals surface area contributed by atoms with Crippen molar-refractivity contribution < 1.29 is 18.3 Å². The van der Waals surface area contributed by atoms with E-state index in [1.165, 1.54) is 0 Å². The van der Waals surface area contributed by atoms with Gasteiger partial charge < -0.3 is 10.1 Å². The normalized spacial score (nSPS) is 26.0. The van der Waals surface area contributed by atoms with E-state index in [2.05, 4.69) is 5.32 Å². The molecule has 6 heteroatoms. The fraction of sp³-hybridized carbons (Fsp3) is 0.875. The highest BCUT2D eigenvalue weighted by Crippen LogP contribution is 2.24. The van der Waals surface area contributed by atoms with Crippen molar-refractivity contribution in [3.8, 4) is 0 Å². The van der Waals surface area contributed by atoms with Gasteiger partial charge in [-0.25, -0.2) is 8.78 Å². The van der Waals surface area contributed by atoms with Crippen LogP contribution < -0.4 is 5.32 Å². The molecule has 1 rings (SSSR count). The van der Waals surface area contributed by atoms with Crippen LogP contribution in [0.4, 0.5) is 8.78 Å². The molecule has 0 aromatic rings. The minimum Gasteiger partial charge on any atom is -0.466 e. The molecule has 0 bridgehead atoms. The Morgan fingerprint density at radius 2 is 2.21 bits per heavy atom. The summed E-state index contributed by atoms with van der Waals surface area (Å²) in [5.41, 5.74) is 0. The summed E-state index contributed by atoms with van der Waals surface area (Å²) in [5, 5.41) is 2.76. The largest absolute Gasteiger partial charge is 0.466 e. The van der Waals surface area contributed by atoms with Gasteiger partial charge in [-0.05, 0) is 6.92 Å². The molecule has 1 aliphatic rings. The molecule has 0 aliphatic carbocycles. The molecule has 14 heavy (non-hydrogen) atoms. The van der Waals surface area contributed by atoms with Gasteiger partial charge in [-0.3, -0.25) is 4.79 Å². The number of rotatable bonds is 3. The molecular weight excluding hydrogens is 216 g/mol. The summed E-state index contributed by atoms with van der Waals surface area (Å²) in [5.74, 6) is -2.09. The van der Waals surface area contributed by atoms with Crippen molar-refractivity contribution in [1.82, 2.24) is 5.32 Å². The van der Waals surface area contributed by atoms with Crippen molar-refractivity contribution >= 4 is 18.4 Å². The van der Waals surface area contributed by atoms with E-state index in [0.29, 0.717) is 6.54 Å². The molecule has 1 aliphatic heterocycles. The predicted molar refractivity (Wildman–Crippen MR) is 49.7 cm³/mol. The number of nitrogens with one attached hydrogen (secondary N) is 1. The Morgan fingerprint density at radius 3 is 2.71 bits per heavy atom. The van der Waals surface area contributed by atoms with Crippen LogP contribution in [0.1, 0.15) is 6.92 Å². The lowest BCUT2D eigenvalue weighted by Gasteiger charge is -2.15. The third-order valence-electron chi connectivity index (χ3n) is 2.17. The highest BCUT2D eigenvalue weighted by molar-refractivity contribution is 5.85. The van der Waals surface area contributed by atoms with Crippen LogP contribution in [-0.2, 0) is 9.53 Å². The number of esters is 1. The standard InChI is InChI=1S/C8H13F2NO2.ClH/c1-2-13-8(12)6-4-11-3-5(6)7(9)10;/h5-7,11H,2-4H2,1H3;1H/t5-,6-;/m1./s1. The Kier molecular flexibility index (Phi) is 5.95. The van der Waals surface area contributed by atoms with Crippen molar-refractivity contribution in [2.45, 2.75) is 13.3 Å². The van der Waals surface area contributed by atoms with Gasteiger partial charge in [0.05, 0.1) is 12.5 Å². The van der Waals surface area contributed by atoms with Gasteiger partial charge in [0, 0.05) is 19.0 Å². The molecular formula is C8H14ClF2NO2. The Hall–Kier alpha value is -0.420. The van der Waals surface area contributed by atoms with Crippen molar-refractivity contribution in [2.75, 3.05) is 19.7 Å². The zero-order chi connectivity index (χ0) is 9.84. The van der Waals surface area contributed by atoms with Crippen molar-refractivity contribution in [3.63, 3.8) is 0 Å². The van der Waals surface area contributed by atoms with Crippen LogP contribution in [0.5, 0.6) is 0 Å². The average Bonchev–Trinajstić information content (AvgIpc) is 2.52. The summed E-state index contributed by atoms with van der Waals surface area (Å²) < 4.78 is 29.4. The summed E-state index contributed by atoms with van der Waals surface area (Å²) in [4.78, 5) is 11.2. The van der Waals surface area contributed by atoms with Gasteiger partial charge >= 0.3 is 5.97 Å². The molecule has 3 nitrogen and oxygen atoms in total. The Labute approximate surface area is 87.6 Å². The topological polar surface area (TPSA) is 38.3 Å². The summed E-state index contributed by atoms with van der Waals surface area (Å²) >= 11 is 0. The third-order valence-corrected chi connectivity index (χ3v) is 2.17. The molecule has 0 saturated carbocycles. The molecule has 1 N–H and O–H groups in total. The van der Waals surface area contributed by atoms with E-state index in [0.717, 1.165) is 0 Å². The van der Waals surface area contributed by atoms with E-state index in [1.54, 1.807) is 6.92 Å². The number of carbonyl (C=O) groups excluding carboxylic acids is 1. The zero-order valence-corrected chi connectivity index (χ0v) is 8.65. The molecule has 1 saturated heterocycles. The Bertz CT molecular complexity index is 192. The van der Waals surface area contributed by atoms with Crippen molar-refractivity contribution in [2.24, 2.45) is 11.8 Å². The lowest BCUT2D eigenvalue weighted by atomic mass is 9.97. The smallest absolute Gasteiger partial charge is 0.310 e. The molecule has 0 aromatic heterocycles. The van der Waals surface area contributed by atoms with Crippen LogP contribution in [0.3, 0.4) is 0 Å². The van der Waals surface area contributed by atoms with E-state index in [9.17, 15) is 13.6 Å². The second kappa shape index (κ2) is 6.14. The molecule has 0 aromatic carbocycles. The number of hydrogen-bond donors (Lipinski definition) is 1. The molecule has 0 amide bonds. The predicted octanol–water partition coefficient (Wildman–Crippen LogP) is 1.07. The second-order valence-corrected chi connectivity index (χ2v) is 3.02. The number of hydrogen-bond acceptors (Lipinski definition) is 3. The van der Waals surface area contributed by atoms with Crippen LogP contribution in [0.2, 0.25) is 0 Å². The van der Waals surface area contributed by atoms with Crippen LogP contribution in [-0.4, -0.2) is 32.1 Å². The first kappa shape index (κ1) is 13.6. The van der Waals surface area contributed by atoms with Gasteiger partial charge in [0.1, 0.15) is 0 Å². The summed E-state index contributed by atoms with van der Waals surface area (Å²) in [6.45, 7) is 2.40. The molecule has 84 valence electrons. The fourth-order valence-electron chi connectivity index (χ4n) is 1.47. The summed E-state index contributed by atoms with van der Waals surface area (Å²) in [6.07, 6.45) is -2.45.